The minimum Gasteiger partial charge on any atom is -0.351 e. The van der Waals surface area contributed by atoms with Crippen molar-refractivity contribution >= 4 is 24.2 Å². The molecule has 0 radical (unpaired) electrons. The molecule has 3 rings (SSSR count). The van der Waals surface area contributed by atoms with Crippen molar-refractivity contribution in [3.63, 3.8) is 0 Å². The summed E-state index contributed by atoms with van der Waals surface area (Å²) in [6.45, 7) is 2.75. The second-order valence-electron chi connectivity index (χ2n) is 6.82. The second-order valence-corrected chi connectivity index (χ2v) is 6.82. The first-order valence-corrected chi connectivity index (χ1v) is 9.46. The number of benzene rings is 1. The quantitative estimate of drug-likeness (QED) is 0.636. The van der Waals surface area contributed by atoms with E-state index in [2.05, 4.69) is 25.9 Å². The van der Waals surface area contributed by atoms with E-state index in [9.17, 15) is 14.0 Å². The first kappa shape index (κ1) is 22.7. The topological polar surface area (TPSA) is 96.0 Å². The van der Waals surface area contributed by atoms with Crippen LogP contribution in [0.15, 0.2) is 36.7 Å². The van der Waals surface area contributed by atoms with E-state index >= 15 is 0 Å². The van der Waals surface area contributed by atoms with Crippen molar-refractivity contribution in [2.24, 2.45) is 5.92 Å². The molecule has 2 aromatic rings. The summed E-state index contributed by atoms with van der Waals surface area (Å²) in [5, 5.41) is 8.87. The van der Waals surface area contributed by atoms with E-state index in [1.165, 1.54) is 24.5 Å². The van der Waals surface area contributed by atoms with Crippen LogP contribution >= 0.6 is 12.4 Å². The number of aromatic nitrogens is 2. The number of piperidine rings is 1. The van der Waals surface area contributed by atoms with Gasteiger partial charge in [-0.05, 0) is 56.0 Å². The Labute approximate surface area is 175 Å². The third-order valence-electron chi connectivity index (χ3n) is 4.73. The van der Waals surface area contributed by atoms with Gasteiger partial charge in [0.1, 0.15) is 5.82 Å². The summed E-state index contributed by atoms with van der Waals surface area (Å²) in [5.74, 6) is -0.704. The first-order chi connectivity index (χ1) is 13.6. The molecule has 0 spiro atoms. The number of carbonyl (C=O) groups excluding carboxylic acids is 2. The minimum absolute atomic E-state index is 0. The van der Waals surface area contributed by atoms with Gasteiger partial charge >= 0.3 is 0 Å². The van der Waals surface area contributed by atoms with E-state index in [1.807, 2.05) is 0 Å². The van der Waals surface area contributed by atoms with Crippen molar-refractivity contribution in [1.29, 1.82) is 0 Å². The Balaban J connectivity index is 0.00000300. The molecular weight excluding hydrogens is 397 g/mol. The van der Waals surface area contributed by atoms with Gasteiger partial charge in [0.05, 0.1) is 0 Å². The molecule has 1 aromatic carbocycles. The van der Waals surface area contributed by atoms with E-state index in [1.54, 1.807) is 12.1 Å². The summed E-state index contributed by atoms with van der Waals surface area (Å²) in [7, 11) is 0. The molecule has 1 aliphatic heterocycles. The van der Waals surface area contributed by atoms with Crippen molar-refractivity contribution in [2.45, 2.75) is 25.8 Å². The van der Waals surface area contributed by atoms with Crippen LogP contribution in [0.4, 0.5) is 4.39 Å². The molecule has 0 aliphatic carbocycles. The number of hydrogen-bond donors (Lipinski definition) is 3. The zero-order valence-electron chi connectivity index (χ0n) is 16.0. The van der Waals surface area contributed by atoms with Crippen LogP contribution in [0.2, 0.25) is 0 Å². The Bertz CT molecular complexity index is 813. The normalized spacial score (nSPS) is 15.8. The summed E-state index contributed by atoms with van der Waals surface area (Å²) in [6, 6.07) is 5.81. The van der Waals surface area contributed by atoms with Gasteiger partial charge in [-0.3, -0.25) is 9.59 Å². The molecule has 1 atom stereocenters. The third-order valence-corrected chi connectivity index (χ3v) is 4.73. The highest BCUT2D eigenvalue weighted by molar-refractivity contribution is 6.04. The lowest BCUT2D eigenvalue weighted by molar-refractivity contribution is 0.0908. The second kappa shape index (κ2) is 11.4. The SMILES string of the molecule is Cl.O=C(NCCC1CCCNC1)c1nccnc1C(=O)NCc1ccc(F)cc1. The standard InChI is InChI=1S/C20H24FN5O2.ClH/c21-16-5-3-15(4-6-16)13-26-20(28)18-17(23-10-11-24-18)19(27)25-9-7-14-2-1-8-22-12-14;/h3-6,10-11,14,22H,1-2,7-9,12-13H2,(H,25,27)(H,26,28);1H. The molecule has 2 heterocycles. The van der Waals surface area contributed by atoms with Crippen LogP contribution in [0.5, 0.6) is 0 Å². The van der Waals surface area contributed by atoms with E-state index in [-0.39, 0.29) is 36.2 Å². The average Bonchev–Trinajstić information content (AvgIpc) is 2.74. The minimum atomic E-state index is -0.501. The van der Waals surface area contributed by atoms with Crippen LogP contribution in [0.3, 0.4) is 0 Å². The Hall–Kier alpha value is -2.58. The molecule has 2 amide bonds. The van der Waals surface area contributed by atoms with E-state index in [0.717, 1.165) is 37.9 Å². The molecule has 0 bridgehead atoms. The van der Waals surface area contributed by atoms with Gasteiger partial charge < -0.3 is 16.0 Å². The van der Waals surface area contributed by atoms with Crippen LogP contribution in [-0.2, 0) is 6.54 Å². The Kier molecular flexibility index (Phi) is 8.95. The summed E-state index contributed by atoms with van der Waals surface area (Å²) in [6.07, 6.45) is 5.95. The molecule has 29 heavy (non-hydrogen) atoms. The Morgan fingerprint density at radius 2 is 1.72 bits per heavy atom. The lowest BCUT2D eigenvalue weighted by Crippen LogP contribution is -2.34. The van der Waals surface area contributed by atoms with Crippen molar-refractivity contribution in [2.75, 3.05) is 19.6 Å². The smallest absolute Gasteiger partial charge is 0.272 e. The third kappa shape index (κ3) is 6.76. The number of amides is 2. The maximum absolute atomic E-state index is 13.0. The summed E-state index contributed by atoms with van der Waals surface area (Å²) >= 11 is 0. The lowest BCUT2D eigenvalue weighted by Gasteiger charge is -2.22. The summed E-state index contributed by atoms with van der Waals surface area (Å²) < 4.78 is 13.0. The largest absolute Gasteiger partial charge is 0.351 e. The number of rotatable bonds is 7. The van der Waals surface area contributed by atoms with Gasteiger partial charge in [-0.25, -0.2) is 14.4 Å². The Morgan fingerprint density at radius 1 is 1.07 bits per heavy atom. The maximum Gasteiger partial charge on any atom is 0.272 e. The number of halogens is 2. The summed E-state index contributed by atoms with van der Waals surface area (Å²) in [4.78, 5) is 33.0. The van der Waals surface area contributed by atoms with E-state index < -0.39 is 11.8 Å². The fourth-order valence-corrected chi connectivity index (χ4v) is 3.18. The first-order valence-electron chi connectivity index (χ1n) is 9.46. The van der Waals surface area contributed by atoms with Gasteiger partial charge in [-0.1, -0.05) is 12.1 Å². The molecule has 3 N–H and O–H groups in total. The van der Waals surface area contributed by atoms with Crippen LogP contribution in [-0.4, -0.2) is 41.4 Å². The maximum atomic E-state index is 13.0. The molecule has 1 fully saturated rings. The van der Waals surface area contributed by atoms with Crippen LogP contribution in [0.25, 0.3) is 0 Å². The zero-order valence-corrected chi connectivity index (χ0v) is 16.8. The highest BCUT2D eigenvalue weighted by atomic mass is 35.5. The van der Waals surface area contributed by atoms with Gasteiger partial charge in [0, 0.05) is 25.5 Å². The van der Waals surface area contributed by atoms with Gasteiger partial charge in [0.15, 0.2) is 11.4 Å². The van der Waals surface area contributed by atoms with Crippen LogP contribution in [0.1, 0.15) is 45.8 Å². The molecule has 9 heteroatoms. The fourth-order valence-electron chi connectivity index (χ4n) is 3.18. The molecule has 1 aromatic heterocycles. The Morgan fingerprint density at radius 3 is 2.34 bits per heavy atom. The van der Waals surface area contributed by atoms with E-state index in [4.69, 9.17) is 0 Å². The molecule has 1 saturated heterocycles. The molecule has 156 valence electrons. The van der Waals surface area contributed by atoms with Crippen molar-refractivity contribution in [3.8, 4) is 0 Å². The van der Waals surface area contributed by atoms with Gasteiger partial charge in [0.25, 0.3) is 11.8 Å². The molecule has 7 nitrogen and oxygen atoms in total. The van der Waals surface area contributed by atoms with Crippen molar-refractivity contribution < 1.29 is 14.0 Å². The fraction of sp³-hybridized carbons (Fsp3) is 0.400. The zero-order chi connectivity index (χ0) is 19.8. The van der Waals surface area contributed by atoms with Crippen molar-refractivity contribution in [1.82, 2.24) is 25.9 Å². The predicted octanol–water partition coefficient (Wildman–Crippen LogP) is 2.09. The predicted molar refractivity (Wildman–Crippen MR) is 109 cm³/mol. The monoisotopic (exact) mass is 421 g/mol. The lowest BCUT2D eigenvalue weighted by atomic mass is 9.96. The number of nitrogens with one attached hydrogen (secondary N) is 3. The van der Waals surface area contributed by atoms with Crippen LogP contribution in [0, 0.1) is 11.7 Å². The van der Waals surface area contributed by atoms with E-state index in [0.29, 0.717) is 12.5 Å². The van der Waals surface area contributed by atoms with Crippen LogP contribution < -0.4 is 16.0 Å². The molecule has 1 aliphatic rings. The highest BCUT2D eigenvalue weighted by Crippen LogP contribution is 2.13. The molecular formula is C20H25ClFN5O2. The highest BCUT2D eigenvalue weighted by Gasteiger charge is 2.20. The van der Waals surface area contributed by atoms with Gasteiger partial charge in [-0.2, -0.15) is 0 Å². The number of hydrogen-bond acceptors (Lipinski definition) is 5. The van der Waals surface area contributed by atoms with Gasteiger partial charge in [-0.15, -0.1) is 12.4 Å². The van der Waals surface area contributed by atoms with Gasteiger partial charge in [0.2, 0.25) is 0 Å². The number of carbonyl (C=O) groups is 2. The van der Waals surface area contributed by atoms with Crippen molar-refractivity contribution in [3.05, 3.63) is 59.4 Å². The summed E-state index contributed by atoms with van der Waals surface area (Å²) in [5.41, 5.74) is 0.716. The number of nitrogens with zero attached hydrogens (tertiary/aromatic N) is 2. The molecule has 1 unspecified atom stereocenters. The molecule has 0 saturated carbocycles. The average molecular weight is 422 g/mol.